The van der Waals surface area contributed by atoms with Crippen molar-refractivity contribution in [3.05, 3.63) is 89.9 Å². The number of rotatable bonds is 4. The van der Waals surface area contributed by atoms with Gasteiger partial charge in [-0.2, -0.15) is 0 Å². The molecule has 2 aromatic carbocycles. The third-order valence-corrected chi connectivity index (χ3v) is 6.94. The predicted octanol–water partition coefficient (Wildman–Crippen LogP) is 4.74. The van der Waals surface area contributed by atoms with E-state index < -0.39 is 11.2 Å². The Kier molecular flexibility index (Phi) is 5.79. The minimum absolute atomic E-state index is 0.219. The number of carbonyl (C=O) groups excluding carboxylic acids is 1. The van der Waals surface area contributed by atoms with E-state index in [1.807, 2.05) is 45.9 Å². The molecule has 2 aromatic heterocycles. The summed E-state index contributed by atoms with van der Waals surface area (Å²) in [5, 5.41) is 3.72. The smallest absolute Gasteiger partial charge is 0.324 e. The zero-order valence-electron chi connectivity index (χ0n) is 18.2. The average Bonchev–Trinajstić information content (AvgIpc) is 3.02. The molecule has 164 valence electrons. The van der Waals surface area contributed by atoms with Crippen LogP contribution >= 0.6 is 22.9 Å². The summed E-state index contributed by atoms with van der Waals surface area (Å²) in [4.78, 5) is 41.1. The van der Waals surface area contributed by atoms with Crippen LogP contribution in [-0.4, -0.2) is 15.0 Å². The van der Waals surface area contributed by atoms with Crippen LogP contribution in [0.15, 0.2) is 52.1 Å². The molecule has 2 heterocycles. The van der Waals surface area contributed by atoms with Gasteiger partial charge in [-0.05, 0) is 63.1 Å². The first-order valence-electron chi connectivity index (χ1n) is 10.1. The Hall–Kier alpha value is -3.16. The quantitative estimate of drug-likeness (QED) is 0.471. The number of nitrogens with zero attached hydrogens (tertiary/aromatic N) is 2. The van der Waals surface area contributed by atoms with E-state index in [0.717, 1.165) is 26.1 Å². The van der Waals surface area contributed by atoms with Gasteiger partial charge in [0, 0.05) is 15.6 Å². The van der Waals surface area contributed by atoms with Crippen LogP contribution in [0.1, 0.15) is 21.6 Å². The molecule has 0 unspecified atom stereocenters. The van der Waals surface area contributed by atoms with Crippen molar-refractivity contribution in [2.75, 3.05) is 5.32 Å². The fraction of sp³-hybridized carbons (Fsp3) is 0.208. The molecule has 32 heavy (non-hydrogen) atoms. The van der Waals surface area contributed by atoms with Crippen LogP contribution in [0.25, 0.3) is 15.9 Å². The molecule has 6 nitrogen and oxygen atoms in total. The van der Waals surface area contributed by atoms with Crippen molar-refractivity contribution in [3.8, 4) is 5.69 Å². The first-order chi connectivity index (χ1) is 15.2. The predicted molar refractivity (Wildman–Crippen MR) is 131 cm³/mol. The van der Waals surface area contributed by atoms with Crippen LogP contribution in [-0.2, 0) is 11.3 Å². The maximum absolute atomic E-state index is 13.4. The Bertz CT molecular complexity index is 1500. The van der Waals surface area contributed by atoms with Crippen LogP contribution in [0.3, 0.4) is 0 Å². The zero-order chi connectivity index (χ0) is 23.2. The molecule has 4 rings (SSSR count). The maximum Gasteiger partial charge on any atom is 0.337 e. The van der Waals surface area contributed by atoms with Gasteiger partial charge >= 0.3 is 5.69 Å². The Balaban J connectivity index is 1.87. The maximum atomic E-state index is 13.4. The highest BCUT2D eigenvalue weighted by molar-refractivity contribution is 7.18. The van der Waals surface area contributed by atoms with Crippen LogP contribution in [0.5, 0.6) is 0 Å². The van der Waals surface area contributed by atoms with Gasteiger partial charge in [0.15, 0.2) is 0 Å². The Morgan fingerprint density at radius 1 is 1.06 bits per heavy atom. The molecule has 4 aromatic rings. The molecule has 0 aliphatic rings. The van der Waals surface area contributed by atoms with Crippen LogP contribution < -0.4 is 16.6 Å². The van der Waals surface area contributed by atoms with Crippen molar-refractivity contribution in [2.45, 2.75) is 34.2 Å². The summed E-state index contributed by atoms with van der Waals surface area (Å²) >= 11 is 7.44. The van der Waals surface area contributed by atoms with E-state index >= 15 is 0 Å². The van der Waals surface area contributed by atoms with Crippen molar-refractivity contribution >= 4 is 44.7 Å². The number of hydrogen-bond acceptors (Lipinski definition) is 4. The lowest BCUT2D eigenvalue weighted by atomic mass is 10.1. The molecular weight excluding hydrogens is 446 g/mol. The van der Waals surface area contributed by atoms with Gasteiger partial charge in [-0.3, -0.25) is 14.2 Å². The van der Waals surface area contributed by atoms with E-state index in [0.29, 0.717) is 26.6 Å². The first kappa shape index (κ1) is 22.0. The lowest BCUT2D eigenvalue weighted by Crippen LogP contribution is -2.40. The first-order valence-corrected chi connectivity index (χ1v) is 11.3. The SMILES string of the molecule is Cc1ccc(NC(=O)Cn2c(=O)n(-c3cccc(Cl)c3)c(=O)c3c(C)c(C)sc32)c(C)c1. The standard InChI is InChI=1S/C24H22ClN3O3S/c1-13-8-9-19(14(2)10-13)26-20(29)12-27-23-21(15(3)16(4)32-23)22(30)28(24(27)31)18-7-5-6-17(25)11-18/h5-11H,12H2,1-4H3,(H,26,29). The molecule has 0 spiro atoms. The summed E-state index contributed by atoms with van der Waals surface area (Å²) in [6, 6.07) is 12.3. The lowest BCUT2D eigenvalue weighted by molar-refractivity contribution is -0.116. The fourth-order valence-electron chi connectivity index (χ4n) is 3.73. The molecule has 0 bridgehead atoms. The number of carbonyl (C=O) groups is 1. The number of amides is 1. The summed E-state index contributed by atoms with van der Waals surface area (Å²) in [5.41, 5.74) is 2.88. The molecule has 1 amide bonds. The molecule has 0 saturated heterocycles. The van der Waals surface area contributed by atoms with Crippen molar-refractivity contribution < 1.29 is 4.79 Å². The number of hydrogen-bond donors (Lipinski definition) is 1. The molecule has 0 aliphatic heterocycles. The summed E-state index contributed by atoms with van der Waals surface area (Å²) in [6.45, 7) is 7.42. The molecule has 8 heteroatoms. The molecule has 1 N–H and O–H groups in total. The van der Waals surface area contributed by atoms with Crippen molar-refractivity contribution in [1.82, 2.24) is 9.13 Å². The number of fused-ring (bicyclic) bond motifs is 1. The molecule has 0 atom stereocenters. The number of nitrogens with one attached hydrogen (secondary N) is 1. The lowest BCUT2D eigenvalue weighted by Gasteiger charge is -2.14. The Labute approximate surface area is 193 Å². The second kappa shape index (κ2) is 8.41. The van der Waals surface area contributed by atoms with Gasteiger partial charge in [-0.1, -0.05) is 35.4 Å². The number of anilines is 1. The Morgan fingerprint density at radius 2 is 1.81 bits per heavy atom. The third kappa shape index (κ3) is 3.89. The van der Waals surface area contributed by atoms with E-state index in [1.54, 1.807) is 24.3 Å². The van der Waals surface area contributed by atoms with Crippen molar-refractivity contribution in [2.24, 2.45) is 0 Å². The average molecular weight is 468 g/mol. The fourth-order valence-corrected chi connectivity index (χ4v) is 5.05. The van der Waals surface area contributed by atoms with Crippen molar-refractivity contribution in [3.63, 3.8) is 0 Å². The van der Waals surface area contributed by atoms with E-state index in [1.165, 1.54) is 15.9 Å². The van der Waals surface area contributed by atoms with Gasteiger partial charge < -0.3 is 5.32 Å². The molecule has 0 saturated carbocycles. The zero-order valence-corrected chi connectivity index (χ0v) is 19.7. The summed E-state index contributed by atoms with van der Waals surface area (Å²) in [5.74, 6) is -0.347. The summed E-state index contributed by atoms with van der Waals surface area (Å²) < 4.78 is 2.44. The van der Waals surface area contributed by atoms with Crippen LogP contribution in [0.4, 0.5) is 5.69 Å². The molecule has 0 fully saturated rings. The summed E-state index contributed by atoms with van der Waals surface area (Å²) in [7, 11) is 0. The second-order valence-electron chi connectivity index (χ2n) is 7.82. The van der Waals surface area contributed by atoms with E-state index in [2.05, 4.69) is 5.32 Å². The second-order valence-corrected chi connectivity index (χ2v) is 9.46. The molecule has 0 aliphatic carbocycles. The minimum Gasteiger partial charge on any atom is -0.324 e. The van der Waals surface area contributed by atoms with E-state index in [9.17, 15) is 14.4 Å². The van der Waals surface area contributed by atoms with Gasteiger partial charge in [0.2, 0.25) is 5.91 Å². The van der Waals surface area contributed by atoms with Crippen molar-refractivity contribution in [1.29, 1.82) is 0 Å². The normalized spacial score (nSPS) is 11.2. The number of halogens is 1. The number of thiophene rings is 1. The monoisotopic (exact) mass is 467 g/mol. The van der Waals surface area contributed by atoms with Gasteiger partial charge in [-0.25, -0.2) is 9.36 Å². The number of benzene rings is 2. The van der Waals surface area contributed by atoms with Gasteiger partial charge in [0.05, 0.1) is 11.1 Å². The summed E-state index contributed by atoms with van der Waals surface area (Å²) in [6.07, 6.45) is 0. The van der Waals surface area contributed by atoms with Gasteiger partial charge in [0.1, 0.15) is 11.4 Å². The largest absolute Gasteiger partial charge is 0.337 e. The third-order valence-electron chi connectivity index (χ3n) is 5.48. The van der Waals surface area contributed by atoms with Crippen LogP contribution in [0.2, 0.25) is 5.02 Å². The van der Waals surface area contributed by atoms with E-state index in [4.69, 9.17) is 11.6 Å². The van der Waals surface area contributed by atoms with Gasteiger partial charge in [-0.15, -0.1) is 11.3 Å². The number of aromatic nitrogens is 2. The highest BCUT2D eigenvalue weighted by Crippen LogP contribution is 2.27. The number of aryl methyl sites for hydroxylation is 4. The molecular formula is C24H22ClN3O3S. The minimum atomic E-state index is -0.582. The Morgan fingerprint density at radius 3 is 2.50 bits per heavy atom. The topological polar surface area (TPSA) is 73.1 Å². The van der Waals surface area contributed by atoms with E-state index in [-0.39, 0.29) is 12.5 Å². The van der Waals surface area contributed by atoms with Gasteiger partial charge in [0.25, 0.3) is 5.56 Å². The molecule has 0 radical (unpaired) electrons. The highest BCUT2D eigenvalue weighted by Gasteiger charge is 2.21. The highest BCUT2D eigenvalue weighted by atomic mass is 35.5. The van der Waals surface area contributed by atoms with Crippen LogP contribution in [0, 0.1) is 27.7 Å².